The summed E-state index contributed by atoms with van der Waals surface area (Å²) < 4.78 is 64.8. The highest BCUT2D eigenvalue weighted by Crippen LogP contribution is 2.44. The molecule has 2 aliphatic rings. The minimum Gasteiger partial charge on any atom is -0.462 e. The Morgan fingerprint density at radius 2 is 1.88 bits per heavy atom. The standard InChI is InChI=1S/C27H32ClF4N7O/c1-14-10-19(33)34-24(21(14)27(30,31)32)20-18(28)11-17-23(22(20)29)35-26(40-13-16-6-5-7-38(16)4)36-25(17)39-9-8-37(3)12-15(39)2/h10-11,15-16H,5-9,12-13H2,1-4H3,(H2,33,34)/t15-,16?/m0/s1. The first-order valence-electron chi connectivity index (χ1n) is 13.2. The number of nitrogen functional groups attached to an aromatic ring is 1. The Labute approximate surface area is 235 Å². The third-order valence-electron chi connectivity index (χ3n) is 7.78. The SMILES string of the molecule is Cc1cc(N)nc(-c2c(Cl)cc3c(N4CCN(C)C[C@@H]4C)nc(OCC4CCCN4C)nc3c2F)c1C(F)(F)F. The summed E-state index contributed by atoms with van der Waals surface area (Å²) in [4.78, 5) is 19.3. The van der Waals surface area contributed by atoms with Crippen molar-refractivity contribution in [2.24, 2.45) is 0 Å². The molecule has 0 bridgehead atoms. The van der Waals surface area contributed by atoms with E-state index in [1.807, 2.05) is 25.9 Å². The third-order valence-corrected chi connectivity index (χ3v) is 8.08. The molecule has 8 nitrogen and oxygen atoms in total. The summed E-state index contributed by atoms with van der Waals surface area (Å²) in [5, 5.41) is 0.0306. The average molecular weight is 582 g/mol. The van der Waals surface area contributed by atoms with Gasteiger partial charge in [0.15, 0.2) is 5.82 Å². The molecule has 2 saturated heterocycles. The molecule has 0 spiro atoms. The zero-order valence-corrected chi connectivity index (χ0v) is 23.6. The molecule has 0 aliphatic carbocycles. The number of nitrogens with zero attached hydrogens (tertiary/aromatic N) is 6. The minimum absolute atomic E-state index is 0.0160. The molecule has 5 rings (SSSR count). The number of hydrogen-bond donors (Lipinski definition) is 1. The molecule has 13 heteroatoms. The fourth-order valence-electron chi connectivity index (χ4n) is 5.71. The lowest BCUT2D eigenvalue weighted by molar-refractivity contribution is -0.137. The van der Waals surface area contributed by atoms with Gasteiger partial charge in [-0.1, -0.05) is 11.6 Å². The van der Waals surface area contributed by atoms with Gasteiger partial charge in [-0.05, 0) is 65.0 Å². The van der Waals surface area contributed by atoms with Crippen LogP contribution in [-0.2, 0) is 6.18 Å². The number of pyridine rings is 1. The van der Waals surface area contributed by atoms with Crippen molar-refractivity contribution in [3.05, 3.63) is 34.1 Å². The number of aryl methyl sites for hydroxylation is 1. The molecule has 40 heavy (non-hydrogen) atoms. The van der Waals surface area contributed by atoms with Crippen LogP contribution in [0.4, 0.5) is 29.2 Å². The maximum Gasteiger partial charge on any atom is 0.418 e. The maximum atomic E-state index is 16.4. The molecule has 2 N–H and O–H groups in total. The summed E-state index contributed by atoms with van der Waals surface area (Å²) >= 11 is 6.54. The van der Waals surface area contributed by atoms with Gasteiger partial charge in [0.05, 0.1) is 21.8 Å². The van der Waals surface area contributed by atoms with Crippen LogP contribution in [0.15, 0.2) is 12.1 Å². The van der Waals surface area contributed by atoms with Gasteiger partial charge in [-0.3, -0.25) is 0 Å². The van der Waals surface area contributed by atoms with E-state index in [0.29, 0.717) is 19.0 Å². The molecule has 1 unspecified atom stereocenters. The van der Waals surface area contributed by atoms with Crippen molar-refractivity contribution in [2.75, 3.05) is 57.5 Å². The van der Waals surface area contributed by atoms with E-state index >= 15 is 4.39 Å². The number of likely N-dealkylation sites (tertiary alicyclic amines) is 1. The first kappa shape index (κ1) is 28.6. The quantitative estimate of drug-likeness (QED) is 0.421. The number of fused-ring (bicyclic) bond motifs is 1. The first-order valence-corrected chi connectivity index (χ1v) is 13.6. The largest absolute Gasteiger partial charge is 0.462 e. The van der Waals surface area contributed by atoms with E-state index in [2.05, 4.69) is 24.8 Å². The number of rotatable bonds is 5. The van der Waals surface area contributed by atoms with Crippen LogP contribution in [0.1, 0.15) is 30.9 Å². The first-order chi connectivity index (χ1) is 18.8. The molecule has 0 saturated carbocycles. The van der Waals surface area contributed by atoms with Gasteiger partial charge in [-0.25, -0.2) is 9.37 Å². The Balaban J connectivity index is 1.71. The Kier molecular flexibility index (Phi) is 7.71. The molecule has 2 fully saturated rings. The number of anilines is 2. The summed E-state index contributed by atoms with van der Waals surface area (Å²) in [6.45, 7) is 6.61. The van der Waals surface area contributed by atoms with Gasteiger partial charge in [0, 0.05) is 37.1 Å². The number of hydrogen-bond acceptors (Lipinski definition) is 8. The van der Waals surface area contributed by atoms with E-state index in [0.717, 1.165) is 38.5 Å². The molecule has 2 aromatic heterocycles. The molecule has 0 amide bonds. The van der Waals surface area contributed by atoms with Crippen LogP contribution in [0, 0.1) is 12.7 Å². The Hall–Kier alpha value is -2.96. The zero-order valence-electron chi connectivity index (χ0n) is 22.8. The fraction of sp³-hybridized carbons (Fsp3) is 0.519. The number of nitrogens with two attached hydrogens (primary N) is 1. The number of likely N-dealkylation sites (N-methyl/N-ethyl adjacent to an activating group) is 2. The van der Waals surface area contributed by atoms with Crippen molar-refractivity contribution in [1.29, 1.82) is 0 Å². The summed E-state index contributed by atoms with van der Waals surface area (Å²) in [6.07, 6.45) is -2.84. The van der Waals surface area contributed by atoms with Crippen molar-refractivity contribution >= 4 is 34.1 Å². The fourth-order valence-corrected chi connectivity index (χ4v) is 5.99. The van der Waals surface area contributed by atoms with E-state index in [-0.39, 0.29) is 45.4 Å². The normalized spacial score (nSPS) is 21.0. The molecule has 4 heterocycles. The molecule has 1 aromatic carbocycles. The second kappa shape index (κ2) is 10.8. The van der Waals surface area contributed by atoms with Gasteiger partial charge < -0.3 is 25.2 Å². The lowest BCUT2D eigenvalue weighted by Gasteiger charge is -2.39. The molecule has 3 aromatic rings. The summed E-state index contributed by atoms with van der Waals surface area (Å²) in [6, 6.07) is 2.63. The van der Waals surface area contributed by atoms with Gasteiger partial charge in [0.25, 0.3) is 0 Å². The predicted octanol–water partition coefficient (Wildman–Crippen LogP) is 5.01. The van der Waals surface area contributed by atoms with E-state index in [1.165, 1.54) is 13.0 Å². The summed E-state index contributed by atoms with van der Waals surface area (Å²) in [5.74, 6) is -0.811. The third kappa shape index (κ3) is 5.36. The van der Waals surface area contributed by atoms with Crippen molar-refractivity contribution in [3.8, 4) is 17.3 Å². The smallest absolute Gasteiger partial charge is 0.418 e. The molecule has 0 radical (unpaired) electrons. The monoisotopic (exact) mass is 581 g/mol. The van der Waals surface area contributed by atoms with Crippen LogP contribution in [0.3, 0.4) is 0 Å². The molecule has 216 valence electrons. The Morgan fingerprint density at radius 3 is 2.52 bits per heavy atom. The lowest BCUT2D eigenvalue weighted by atomic mass is 9.99. The van der Waals surface area contributed by atoms with Crippen LogP contribution in [0.2, 0.25) is 5.02 Å². The van der Waals surface area contributed by atoms with Crippen molar-refractivity contribution < 1.29 is 22.3 Å². The second-order valence-corrected chi connectivity index (χ2v) is 11.2. The highest BCUT2D eigenvalue weighted by molar-refractivity contribution is 6.34. The predicted molar refractivity (Wildman–Crippen MR) is 147 cm³/mol. The van der Waals surface area contributed by atoms with Crippen molar-refractivity contribution in [3.63, 3.8) is 0 Å². The zero-order chi connectivity index (χ0) is 28.9. The number of piperazine rings is 1. The van der Waals surface area contributed by atoms with Gasteiger partial charge in [-0.15, -0.1) is 0 Å². The summed E-state index contributed by atoms with van der Waals surface area (Å²) in [5.41, 5.74) is 3.11. The second-order valence-electron chi connectivity index (χ2n) is 10.8. The van der Waals surface area contributed by atoms with Crippen LogP contribution < -0.4 is 15.4 Å². The Bertz CT molecular complexity index is 1440. The maximum absolute atomic E-state index is 16.4. The van der Waals surface area contributed by atoms with Gasteiger partial charge >= 0.3 is 12.2 Å². The molecular weight excluding hydrogens is 550 g/mol. The van der Waals surface area contributed by atoms with E-state index in [1.54, 1.807) is 0 Å². The number of aromatic nitrogens is 3. The number of ether oxygens (including phenoxy) is 1. The topological polar surface area (TPSA) is 83.6 Å². The van der Waals surface area contributed by atoms with Crippen LogP contribution >= 0.6 is 11.6 Å². The molecular formula is C27H32ClF4N7O. The van der Waals surface area contributed by atoms with Crippen molar-refractivity contribution in [2.45, 2.75) is 44.9 Å². The molecule has 2 aliphatic heterocycles. The summed E-state index contributed by atoms with van der Waals surface area (Å²) in [7, 11) is 4.02. The lowest BCUT2D eigenvalue weighted by Crippen LogP contribution is -2.51. The number of alkyl halides is 3. The van der Waals surface area contributed by atoms with Crippen LogP contribution in [0.25, 0.3) is 22.2 Å². The number of halogens is 5. The van der Waals surface area contributed by atoms with E-state index < -0.39 is 28.8 Å². The van der Waals surface area contributed by atoms with E-state index in [4.69, 9.17) is 22.1 Å². The highest BCUT2D eigenvalue weighted by atomic mass is 35.5. The van der Waals surface area contributed by atoms with E-state index in [9.17, 15) is 13.2 Å². The van der Waals surface area contributed by atoms with Crippen LogP contribution in [0.5, 0.6) is 6.01 Å². The average Bonchev–Trinajstić information content (AvgIpc) is 3.26. The van der Waals surface area contributed by atoms with Crippen LogP contribution in [-0.4, -0.2) is 83.7 Å². The van der Waals surface area contributed by atoms with Crippen molar-refractivity contribution in [1.82, 2.24) is 24.8 Å². The van der Waals surface area contributed by atoms with Gasteiger partial charge in [-0.2, -0.15) is 23.1 Å². The minimum atomic E-state index is -4.82. The van der Waals surface area contributed by atoms with Gasteiger partial charge in [0.2, 0.25) is 0 Å². The van der Waals surface area contributed by atoms with Gasteiger partial charge in [0.1, 0.15) is 23.8 Å². The highest BCUT2D eigenvalue weighted by Gasteiger charge is 2.39. The molecule has 2 atom stereocenters. The number of benzene rings is 1. The Morgan fingerprint density at radius 1 is 1.12 bits per heavy atom.